The molecule has 0 atom stereocenters. The lowest BCUT2D eigenvalue weighted by molar-refractivity contribution is -0.137. The van der Waals surface area contributed by atoms with Gasteiger partial charge in [-0.25, -0.2) is 4.98 Å². The highest BCUT2D eigenvalue weighted by atomic mass is 19.4. The van der Waals surface area contributed by atoms with Gasteiger partial charge in [0.05, 0.1) is 12.1 Å². The van der Waals surface area contributed by atoms with Gasteiger partial charge in [0, 0.05) is 37.9 Å². The predicted octanol–water partition coefficient (Wildman–Crippen LogP) is 5.57. The number of carbonyl (C=O) groups is 1. The van der Waals surface area contributed by atoms with Gasteiger partial charge in [0.15, 0.2) is 5.69 Å². The van der Waals surface area contributed by atoms with Crippen molar-refractivity contribution in [2.75, 3.05) is 6.54 Å². The summed E-state index contributed by atoms with van der Waals surface area (Å²) in [6.45, 7) is 3.30. The summed E-state index contributed by atoms with van der Waals surface area (Å²) < 4.78 is 45.2. The van der Waals surface area contributed by atoms with E-state index in [1.807, 2.05) is 54.3 Å². The minimum atomic E-state index is -4.42. The van der Waals surface area contributed by atoms with Crippen LogP contribution in [0.5, 0.6) is 0 Å². The number of nitrogens with zero attached hydrogens (tertiary/aromatic N) is 3. The van der Waals surface area contributed by atoms with Gasteiger partial charge in [-0.3, -0.25) is 14.7 Å². The minimum Gasteiger partial charge on any atom is -0.447 e. The summed E-state index contributed by atoms with van der Waals surface area (Å²) in [7, 11) is 0. The Balaban J connectivity index is 1.44. The number of aryl methyl sites for hydroxylation is 1. The van der Waals surface area contributed by atoms with Crippen molar-refractivity contribution < 1.29 is 22.4 Å². The van der Waals surface area contributed by atoms with Crippen LogP contribution in [0, 0.1) is 6.92 Å². The van der Waals surface area contributed by atoms with E-state index in [0.29, 0.717) is 31.0 Å². The number of carbonyl (C=O) groups excluding carboxylic acids is 1. The summed E-state index contributed by atoms with van der Waals surface area (Å²) in [4.78, 5) is 23.0. The summed E-state index contributed by atoms with van der Waals surface area (Å²) in [6, 6.07) is 18.8. The number of halogens is 3. The molecule has 2 aromatic carbocycles. The third-order valence-electron chi connectivity index (χ3n) is 5.72. The van der Waals surface area contributed by atoms with E-state index in [-0.39, 0.29) is 24.7 Å². The van der Waals surface area contributed by atoms with Gasteiger partial charge in [0.2, 0.25) is 5.89 Å². The van der Waals surface area contributed by atoms with Crippen molar-refractivity contribution in [1.29, 1.82) is 0 Å². The summed E-state index contributed by atoms with van der Waals surface area (Å²) in [5, 5.41) is 2.80. The number of hydrogen-bond acceptors (Lipinski definition) is 5. The lowest BCUT2D eigenvalue weighted by Gasteiger charge is -2.21. The molecular formula is C28H27F3N4O2. The van der Waals surface area contributed by atoms with Crippen molar-refractivity contribution in [1.82, 2.24) is 20.2 Å². The highest BCUT2D eigenvalue weighted by Gasteiger charge is 2.30. The highest BCUT2D eigenvalue weighted by Crippen LogP contribution is 2.30. The van der Waals surface area contributed by atoms with Gasteiger partial charge in [-0.15, -0.1) is 0 Å². The molecule has 0 fully saturated rings. The van der Waals surface area contributed by atoms with Gasteiger partial charge >= 0.3 is 6.18 Å². The molecule has 0 saturated carbocycles. The van der Waals surface area contributed by atoms with Crippen molar-refractivity contribution in [3.63, 3.8) is 0 Å². The lowest BCUT2D eigenvalue weighted by Crippen LogP contribution is -2.26. The number of rotatable bonds is 10. The summed E-state index contributed by atoms with van der Waals surface area (Å²) in [5.74, 6) is -0.0668. The van der Waals surface area contributed by atoms with E-state index in [9.17, 15) is 18.0 Å². The van der Waals surface area contributed by atoms with Crippen molar-refractivity contribution in [2.45, 2.75) is 39.2 Å². The molecule has 37 heavy (non-hydrogen) atoms. The number of alkyl halides is 3. The van der Waals surface area contributed by atoms with Crippen LogP contribution < -0.4 is 5.32 Å². The molecule has 6 nitrogen and oxygen atoms in total. The standard InChI is InChI=1S/C28H27F3N4O2/c1-20-8-10-21(11-9-20)16-35(17-22-5-4-6-23(15-22)28(29,30)31)18-26-34-25(19-37-26)27(36)33-14-12-24-7-2-3-13-32-24/h2-11,13,15,19H,12,14,16-18H2,1H3,(H,33,36). The molecule has 1 N–H and O–H groups in total. The molecule has 2 heterocycles. The second-order valence-corrected chi connectivity index (χ2v) is 8.78. The zero-order chi connectivity index (χ0) is 26.3. The second kappa shape index (κ2) is 11.8. The molecule has 4 aromatic rings. The van der Waals surface area contributed by atoms with Crippen LogP contribution in [0.25, 0.3) is 0 Å². The Bertz CT molecular complexity index is 1310. The zero-order valence-corrected chi connectivity index (χ0v) is 20.3. The average Bonchev–Trinajstić information content (AvgIpc) is 3.34. The number of nitrogens with one attached hydrogen (secondary N) is 1. The quantitative estimate of drug-likeness (QED) is 0.303. The number of benzene rings is 2. The van der Waals surface area contributed by atoms with Gasteiger partial charge in [-0.2, -0.15) is 13.2 Å². The van der Waals surface area contributed by atoms with Crippen LogP contribution in [0.3, 0.4) is 0 Å². The Hall–Kier alpha value is -3.98. The smallest absolute Gasteiger partial charge is 0.416 e. The fraction of sp³-hybridized carbons (Fsp3) is 0.250. The molecule has 0 aliphatic carbocycles. The van der Waals surface area contributed by atoms with E-state index in [0.717, 1.165) is 29.0 Å². The van der Waals surface area contributed by atoms with Gasteiger partial charge in [-0.05, 0) is 36.2 Å². The molecule has 0 spiro atoms. The third-order valence-corrected chi connectivity index (χ3v) is 5.72. The number of aromatic nitrogens is 2. The molecule has 0 saturated heterocycles. The summed E-state index contributed by atoms with van der Waals surface area (Å²) >= 11 is 0. The molecule has 0 unspecified atom stereocenters. The van der Waals surface area contributed by atoms with E-state index in [1.165, 1.54) is 12.3 Å². The first-order valence-electron chi connectivity index (χ1n) is 11.8. The topological polar surface area (TPSA) is 71.3 Å². The van der Waals surface area contributed by atoms with Crippen LogP contribution in [0.4, 0.5) is 13.2 Å². The normalized spacial score (nSPS) is 11.6. The number of pyridine rings is 1. The first-order chi connectivity index (χ1) is 17.8. The van der Waals surface area contributed by atoms with Gasteiger partial charge in [0.1, 0.15) is 6.26 Å². The average molecular weight is 509 g/mol. The summed E-state index contributed by atoms with van der Waals surface area (Å²) in [5.41, 5.74) is 2.94. The maximum absolute atomic E-state index is 13.2. The maximum Gasteiger partial charge on any atom is 0.416 e. The minimum absolute atomic E-state index is 0.144. The lowest BCUT2D eigenvalue weighted by atomic mass is 10.1. The van der Waals surface area contributed by atoms with Crippen LogP contribution in [0.15, 0.2) is 83.6 Å². The Morgan fingerprint density at radius 1 is 0.973 bits per heavy atom. The molecule has 2 aromatic heterocycles. The summed E-state index contributed by atoms with van der Waals surface area (Å²) in [6.07, 6.45) is -0.847. The van der Waals surface area contributed by atoms with Crippen LogP contribution in [0.1, 0.15) is 44.3 Å². The first kappa shape index (κ1) is 26.1. The van der Waals surface area contributed by atoms with Crippen molar-refractivity contribution >= 4 is 5.91 Å². The molecule has 192 valence electrons. The van der Waals surface area contributed by atoms with Crippen molar-refractivity contribution in [3.05, 3.63) is 119 Å². The number of oxazole rings is 1. The first-order valence-corrected chi connectivity index (χ1v) is 11.8. The van der Waals surface area contributed by atoms with Crippen LogP contribution in [-0.4, -0.2) is 27.3 Å². The van der Waals surface area contributed by atoms with Crippen LogP contribution >= 0.6 is 0 Å². The predicted molar refractivity (Wildman–Crippen MR) is 132 cm³/mol. The van der Waals surface area contributed by atoms with E-state index in [2.05, 4.69) is 15.3 Å². The monoisotopic (exact) mass is 508 g/mol. The second-order valence-electron chi connectivity index (χ2n) is 8.78. The molecule has 0 bridgehead atoms. The van der Waals surface area contributed by atoms with Crippen LogP contribution in [0.2, 0.25) is 0 Å². The molecule has 0 aliphatic rings. The van der Waals surface area contributed by atoms with Crippen LogP contribution in [-0.2, 0) is 32.2 Å². The van der Waals surface area contributed by atoms with Crippen molar-refractivity contribution in [3.8, 4) is 0 Å². The maximum atomic E-state index is 13.2. The SMILES string of the molecule is Cc1ccc(CN(Cc2cccc(C(F)(F)F)c2)Cc2nc(C(=O)NCCc3ccccn3)co2)cc1. The molecular weight excluding hydrogens is 481 g/mol. The number of amides is 1. The largest absolute Gasteiger partial charge is 0.447 e. The Labute approximate surface area is 213 Å². The zero-order valence-electron chi connectivity index (χ0n) is 20.3. The molecule has 1 amide bonds. The third kappa shape index (κ3) is 7.75. The van der Waals surface area contributed by atoms with Gasteiger partial charge < -0.3 is 9.73 Å². The highest BCUT2D eigenvalue weighted by molar-refractivity contribution is 5.91. The Morgan fingerprint density at radius 3 is 2.49 bits per heavy atom. The van der Waals surface area contributed by atoms with E-state index in [1.54, 1.807) is 12.3 Å². The fourth-order valence-corrected chi connectivity index (χ4v) is 3.84. The number of hydrogen-bond donors (Lipinski definition) is 1. The van der Waals surface area contributed by atoms with E-state index < -0.39 is 11.7 Å². The molecule has 0 aliphatic heterocycles. The van der Waals surface area contributed by atoms with Crippen molar-refractivity contribution in [2.24, 2.45) is 0 Å². The molecule has 0 radical (unpaired) electrons. The molecule has 9 heteroatoms. The van der Waals surface area contributed by atoms with Gasteiger partial charge in [-0.1, -0.05) is 54.1 Å². The van der Waals surface area contributed by atoms with Gasteiger partial charge in [0.25, 0.3) is 5.91 Å². The van der Waals surface area contributed by atoms with E-state index >= 15 is 0 Å². The van der Waals surface area contributed by atoms with E-state index in [4.69, 9.17) is 4.42 Å². The Morgan fingerprint density at radius 2 is 1.76 bits per heavy atom. The fourth-order valence-electron chi connectivity index (χ4n) is 3.84. The molecule has 4 rings (SSSR count). The Kier molecular flexibility index (Phi) is 8.35.